The van der Waals surface area contributed by atoms with Crippen LogP contribution in [0.15, 0.2) is 0 Å². The molecule has 0 aromatic carbocycles. The minimum Gasteiger partial charge on any atom is -0.356 e. The van der Waals surface area contributed by atoms with E-state index >= 15 is 0 Å². The Morgan fingerprint density at radius 3 is 2.30 bits per heavy atom. The monoisotopic (exact) mass is 341 g/mol. The highest BCUT2D eigenvalue weighted by atomic mass is 79.9. The summed E-state index contributed by atoms with van der Waals surface area (Å²) in [4.78, 5) is 13.3. The molecule has 1 N–H and O–H groups in total. The van der Waals surface area contributed by atoms with Crippen LogP contribution in [-0.4, -0.2) is 17.3 Å². The van der Waals surface area contributed by atoms with Gasteiger partial charge in [0.25, 0.3) is 0 Å². The average Bonchev–Trinajstić information content (AvgIpc) is 2.22. The van der Waals surface area contributed by atoms with Crippen molar-refractivity contribution in [1.29, 1.82) is 0 Å². The Bertz CT molecular complexity index is 401. The summed E-state index contributed by atoms with van der Waals surface area (Å²) < 4.78 is 0. The lowest BCUT2D eigenvalue weighted by atomic mass is 9.40. The maximum absolute atomic E-state index is 12.8. The number of amides is 1. The molecule has 1 amide bonds. The van der Waals surface area contributed by atoms with Crippen molar-refractivity contribution in [2.75, 3.05) is 6.54 Å². The topological polar surface area (TPSA) is 29.1 Å². The lowest BCUT2D eigenvalue weighted by Gasteiger charge is -2.64. The predicted octanol–water partition coefficient (Wildman–Crippen LogP) is 4.27. The van der Waals surface area contributed by atoms with E-state index in [1.165, 1.54) is 19.3 Å². The summed E-state index contributed by atoms with van der Waals surface area (Å²) in [5, 5.41) is 3.24. The van der Waals surface area contributed by atoms with Gasteiger partial charge in [-0.2, -0.15) is 0 Å². The van der Waals surface area contributed by atoms with Gasteiger partial charge in [0.05, 0.1) is 5.41 Å². The van der Waals surface area contributed by atoms with Crippen molar-refractivity contribution in [3.63, 3.8) is 0 Å². The average molecular weight is 342 g/mol. The minimum atomic E-state index is -0.0432. The number of halogens is 1. The van der Waals surface area contributed by atoms with Crippen LogP contribution in [0.1, 0.15) is 65.7 Å². The molecule has 0 aromatic heterocycles. The van der Waals surface area contributed by atoms with Gasteiger partial charge in [0.1, 0.15) is 0 Å². The Kier molecular flexibility index (Phi) is 3.51. The summed E-state index contributed by atoms with van der Waals surface area (Å²) in [5.41, 5.74) is 0.806. The maximum atomic E-state index is 12.8. The van der Waals surface area contributed by atoms with Crippen LogP contribution < -0.4 is 5.32 Å². The molecule has 0 radical (unpaired) electrons. The van der Waals surface area contributed by atoms with Gasteiger partial charge >= 0.3 is 0 Å². The van der Waals surface area contributed by atoms with Gasteiger partial charge in [0.15, 0.2) is 0 Å². The third-order valence-electron chi connectivity index (χ3n) is 5.94. The normalized spacial score (nSPS) is 47.3. The van der Waals surface area contributed by atoms with E-state index in [2.05, 4.69) is 42.0 Å². The van der Waals surface area contributed by atoms with E-state index in [1.54, 1.807) is 0 Å². The molecule has 20 heavy (non-hydrogen) atoms. The number of rotatable bonds is 4. The fourth-order valence-electron chi connectivity index (χ4n) is 6.27. The van der Waals surface area contributed by atoms with E-state index in [0.717, 1.165) is 38.1 Å². The highest BCUT2D eigenvalue weighted by Gasteiger charge is 2.62. The van der Waals surface area contributed by atoms with E-state index in [1.807, 2.05) is 0 Å². The number of carbonyl (C=O) groups excluding carboxylic acids is 1. The standard InChI is InChI=1S/C17H28BrNO/c1-12(18)4-5-19-14(20)17-8-13-6-15(2,10-17)9-16(3,7-13)11-17/h12-13H,4-11H2,1-3H3,(H,19,20). The number of hydrogen-bond acceptors (Lipinski definition) is 1. The molecule has 3 heteroatoms. The van der Waals surface area contributed by atoms with Crippen molar-refractivity contribution in [2.45, 2.75) is 70.5 Å². The Hall–Kier alpha value is -0.0500. The van der Waals surface area contributed by atoms with Gasteiger partial charge < -0.3 is 5.32 Å². The third kappa shape index (κ3) is 2.55. The molecule has 4 aliphatic rings. The summed E-state index contributed by atoms with van der Waals surface area (Å²) in [6, 6.07) is 0. The molecule has 4 fully saturated rings. The zero-order chi connectivity index (χ0) is 14.6. The van der Waals surface area contributed by atoms with Crippen LogP contribution >= 0.6 is 15.9 Å². The summed E-state index contributed by atoms with van der Waals surface area (Å²) in [5.74, 6) is 1.15. The van der Waals surface area contributed by atoms with Crippen molar-refractivity contribution < 1.29 is 4.79 Å². The second-order valence-corrected chi connectivity index (χ2v) is 10.3. The molecular weight excluding hydrogens is 314 g/mol. The second kappa shape index (κ2) is 4.72. The highest BCUT2D eigenvalue weighted by molar-refractivity contribution is 9.09. The van der Waals surface area contributed by atoms with E-state index in [0.29, 0.717) is 21.6 Å². The molecule has 0 aromatic rings. The number of nitrogens with one attached hydrogen (secondary N) is 1. The summed E-state index contributed by atoms with van der Waals surface area (Å²) in [6.07, 6.45) is 8.47. The van der Waals surface area contributed by atoms with E-state index < -0.39 is 0 Å². The molecule has 0 aliphatic heterocycles. The maximum Gasteiger partial charge on any atom is 0.226 e. The fourth-order valence-corrected chi connectivity index (χ4v) is 6.50. The first kappa shape index (κ1) is 14.9. The van der Waals surface area contributed by atoms with Gasteiger partial charge in [-0.05, 0) is 61.7 Å². The Morgan fingerprint density at radius 1 is 1.20 bits per heavy atom. The first-order chi connectivity index (χ1) is 9.24. The van der Waals surface area contributed by atoms with Crippen LogP contribution in [0.4, 0.5) is 0 Å². The Balaban J connectivity index is 1.73. The van der Waals surface area contributed by atoms with Crippen LogP contribution in [0.2, 0.25) is 0 Å². The van der Waals surface area contributed by atoms with Crippen molar-refractivity contribution in [2.24, 2.45) is 22.2 Å². The lowest BCUT2D eigenvalue weighted by molar-refractivity contribution is -0.170. The summed E-state index contributed by atoms with van der Waals surface area (Å²) in [6.45, 7) is 7.81. The molecule has 2 nitrogen and oxygen atoms in total. The van der Waals surface area contributed by atoms with Crippen molar-refractivity contribution in [1.82, 2.24) is 5.32 Å². The molecule has 0 heterocycles. The molecule has 3 atom stereocenters. The lowest BCUT2D eigenvalue weighted by Crippen LogP contribution is -2.59. The number of hydrogen-bond donors (Lipinski definition) is 1. The van der Waals surface area contributed by atoms with Gasteiger partial charge in [0.2, 0.25) is 5.91 Å². The largest absolute Gasteiger partial charge is 0.356 e. The van der Waals surface area contributed by atoms with Gasteiger partial charge in [-0.15, -0.1) is 0 Å². The summed E-state index contributed by atoms with van der Waals surface area (Å²) >= 11 is 3.55. The second-order valence-electron chi connectivity index (χ2n) is 8.74. The summed E-state index contributed by atoms with van der Waals surface area (Å²) in [7, 11) is 0. The van der Waals surface area contributed by atoms with Crippen LogP contribution in [0.3, 0.4) is 0 Å². The fraction of sp³-hybridized carbons (Fsp3) is 0.941. The van der Waals surface area contributed by atoms with Gasteiger partial charge in [-0.1, -0.05) is 36.7 Å². The molecule has 114 valence electrons. The SMILES string of the molecule is CC(Br)CCNC(=O)C12CC3CC(C)(CC(C)(C3)C1)C2. The van der Waals surface area contributed by atoms with Crippen molar-refractivity contribution in [3.05, 3.63) is 0 Å². The number of carbonyl (C=O) groups is 1. The molecule has 4 bridgehead atoms. The predicted molar refractivity (Wildman–Crippen MR) is 85.9 cm³/mol. The van der Waals surface area contributed by atoms with E-state index in [-0.39, 0.29) is 5.41 Å². The third-order valence-corrected chi connectivity index (χ3v) is 6.39. The van der Waals surface area contributed by atoms with Gasteiger partial charge in [0, 0.05) is 11.4 Å². The quantitative estimate of drug-likeness (QED) is 0.760. The smallest absolute Gasteiger partial charge is 0.226 e. The number of alkyl halides is 1. The van der Waals surface area contributed by atoms with E-state index in [9.17, 15) is 4.79 Å². The zero-order valence-corrected chi connectivity index (χ0v) is 14.7. The molecule has 0 saturated heterocycles. The highest BCUT2D eigenvalue weighted by Crippen LogP contribution is 2.69. The molecule has 0 spiro atoms. The minimum absolute atomic E-state index is 0.0432. The van der Waals surface area contributed by atoms with E-state index in [4.69, 9.17) is 0 Å². The zero-order valence-electron chi connectivity index (χ0n) is 13.1. The van der Waals surface area contributed by atoms with Crippen molar-refractivity contribution in [3.8, 4) is 0 Å². The van der Waals surface area contributed by atoms with Crippen LogP contribution in [0.5, 0.6) is 0 Å². The first-order valence-corrected chi connectivity index (χ1v) is 9.08. The molecule has 3 unspecified atom stereocenters. The molecule has 4 aliphatic carbocycles. The Labute approximate surface area is 131 Å². The molecular formula is C17H28BrNO. The van der Waals surface area contributed by atoms with Gasteiger partial charge in [-0.25, -0.2) is 0 Å². The first-order valence-electron chi connectivity index (χ1n) is 8.17. The Morgan fingerprint density at radius 2 is 1.80 bits per heavy atom. The van der Waals surface area contributed by atoms with Crippen LogP contribution in [0.25, 0.3) is 0 Å². The van der Waals surface area contributed by atoms with Crippen LogP contribution in [0, 0.1) is 22.2 Å². The molecule has 4 rings (SSSR count). The van der Waals surface area contributed by atoms with Gasteiger partial charge in [-0.3, -0.25) is 4.79 Å². The molecule has 4 saturated carbocycles. The van der Waals surface area contributed by atoms with Crippen molar-refractivity contribution >= 4 is 21.8 Å². The van der Waals surface area contributed by atoms with Crippen LogP contribution in [-0.2, 0) is 4.79 Å².